The lowest BCUT2D eigenvalue weighted by molar-refractivity contribution is 0.102. The third-order valence-electron chi connectivity index (χ3n) is 6.28. The maximum atomic E-state index is 13.0. The number of nitrogens with zero attached hydrogens (tertiary/aromatic N) is 1. The van der Waals surface area contributed by atoms with Gasteiger partial charge in [0.05, 0.1) is 16.1 Å². The first kappa shape index (κ1) is 21.2. The van der Waals surface area contributed by atoms with Crippen LogP contribution in [-0.2, 0) is 0 Å². The molecular formula is C31H21ClN2O. The highest BCUT2D eigenvalue weighted by atomic mass is 35.5. The Kier molecular flexibility index (Phi) is 5.32. The zero-order valence-electron chi connectivity index (χ0n) is 18.8. The average molecular weight is 473 g/mol. The Morgan fingerprint density at radius 3 is 2.11 bits per heavy atom. The number of para-hydroxylation sites is 3. The summed E-state index contributed by atoms with van der Waals surface area (Å²) < 4.78 is 2.25. The summed E-state index contributed by atoms with van der Waals surface area (Å²) in [6, 6.07) is 39.7. The van der Waals surface area contributed by atoms with Crippen LogP contribution in [0.4, 0.5) is 5.69 Å². The maximum absolute atomic E-state index is 13.0. The number of hydrogen-bond donors (Lipinski definition) is 1. The molecule has 1 aromatic heterocycles. The van der Waals surface area contributed by atoms with Crippen LogP contribution >= 0.6 is 11.6 Å². The number of hydrogen-bond acceptors (Lipinski definition) is 1. The van der Waals surface area contributed by atoms with Gasteiger partial charge in [-0.3, -0.25) is 4.79 Å². The highest BCUT2D eigenvalue weighted by molar-refractivity contribution is 6.38. The third-order valence-corrected chi connectivity index (χ3v) is 6.59. The molecule has 0 saturated heterocycles. The summed E-state index contributed by atoms with van der Waals surface area (Å²) in [5.41, 5.74) is 6.46. The van der Waals surface area contributed by atoms with E-state index in [9.17, 15) is 4.79 Å². The molecule has 168 valence electrons. The first-order valence-corrected chi connectivity index (χ1v) is 11.8. The molecule has 4 heteroatoms. The first-order chi connectivity index (χ1) is 17.2. The molecule has 1 N–H and O–H groups in total. The Labute approximate surface area is 208 Å². The molecule has 0 saturated carbocycles. The topological polar surface area (TPSA) is 34.0 Å². The van der Waals surface area contributed by atoms with E-state index < -0.39 is 0 Å². The van der Waals surface area contributed by atoms with E-state index in [1.165, 1.54) is 0 Å². The van der Waals surface area contributed by atoms with E-state index in [0.29, 0.717) is 10.6 Å². The normalized spacial score (nSPS) is 11.1. The van der Waals surface area contributed by atoms with Crippen LogP contribution in [0.25, 0.3) is 38.6 Å². The second kappa shape index (κ2) is 8.79. The quantitative estimate of drug-likeness (QED) is 0.275. The van der Waals surface area contributed by atoms with Crippen molar-refractivity contribution in [2.75, 3.05) is 5.32 Å². The van der Waals surface area contributed by atoms with Gasteiger partial charge in [-0.25, -0.2) is 0 Å². The maximum Gasteiger partial charge on any atom is 0.255 e. The van der Waals surface area contributed by atoms with Gasteiger partial charge in [-0.1, -0.05) is 90.5 Å². The second-order valence-electron chi connectivity index (χ2n) is 8.37. The van der Waals surface area contributed by atoms with Crippen molar-refractivity contribution < 1.29 is 4.79 Å². The summed E-state index contributed by atoms with van der Waals surface area (Å²) in [6.45, 7) is 0. The van der Waals surface area contributed by atoms with Gasteiger partial charge in [0, 0.05) is 38.8 Å². The number of carbonyl (C=O) groups is 1. The monoisotopic (exact) mass is 472 g/mol. The number of rotatable bonds is 4. The fourth-order valence-corrected chi connectivity index (χ4v) is 5.02. The molecule has 0 aliphatic carbocycles. The van der Waals surface area contributed by atoms with Gasteiger partial charge < -0.3 is 9.88 Å². The zero-order valence-corrected chi connectivity index (χ0v) is 19.5. The van der Waals surface area contributed by atoms with E-state index in [4.69, 9.17) is 11.6 Å². The van der Waals surface area contributed by atoms with Gasteiger partial charge in [-0.15, -0.1) is 0 Å². The molecule has 0 aliphatic heterocycles. The third kappa shape index (κ3) is 3.67. The second-order valence-corrected chi connectivity index (χ2v) is 8.78. The van der Waals surface area contributed by atoms with Crippen molar-refractivity contribution in [2.45, 2.75) is 0 Å². The summed E-state index contributed by atoms with van der Waals surface area (Å²) in [7, 11) is 0. The van der Waals surface area contributed by atoms with Crippen molar-refractivity contribution in [1.29, 1.82) is 0 Å². The largest absolute Gasteiger partial charge is 0.321 e. The lowest BCUT2D eigenvalue weighted by atomic mass is 10.00. The Hall–Kier alpha value is -4.34. The van der Waals surface area contributed by atoms with E-state index in [0.717, 1.165) is 44.3 Å². The molecule has 0 spiro atoms. The molecule has 0 radical (unpaired) electrons. The molecule has 3 nitrogen and oxygen atoms in total. The first-order valence-electron chi connectivity index (χ1n) is 11.5. The standard InChI is InChI=1S/C31H21ClN2O/c32-26-18-10-20-28-29(26)25-17-9-16-24(30(25)34(28)22-13-5-2-6-14-22)23-15-7-8-19-27(23)33-31(35)21-11-3-1-4-12-21/h1-20H,(H,33,35). The Bertz CT molecular complexity index is 1690. The zero-order chi connectivity index (χ0) is 23.8. The molecule has 5 aromatic carbocycles. The Morgan fingerprint density at radius 1 is 0.657 bits per heavy atom. The minimum Gasteiger partial charge on any atom is -0.321 e. The summed E-state index contributed by atoms with van der Waals surface area (Å²) in [4.78, 5) is 13.0. The summed E-state index contributed by atoms with van der Waals surface area (Å²) in [6.07, 6.45) is 0. The minimum atomic E-state index is -0.142. The fourth-order valence-electron chi connectivity index (χ4n) is 4.75. The van der Waals surface area contributed by atoms with Gasteiger partial charge in [-0.2, -0.15) is 0 Å². The van der Waals surface area contributed by atoms with Crippen LogP contribution in [0.1, 0.15) is 10.4 Å². The van der Waals surface area contributed by atoms with Crippen molar-refractivity contribution in [3.8, 4) is 16.8 Å². The summed E-state index contributed by atoms with van der Waals surface area (Å²) >= 11 is 6.73. The number of halogens is 1. The highest BCUT2D eigenvalue weighted by Crippen LogP contribution is 2.42. The number of carbonyl (C=O) groups excluding carboxylic acids is 1. The SMILES string of the molecule is O=C(Nc1ccccc1-c1cccc2c3c(Cl)cccc3n(-c3ccccc3)c12)c1ccccc1. The van der Waals surface area contributed by atoms with Gasteiger partial charge in [0.15, 0.2) is 0 Å². The van der Waals surface area contributed by atoms with E-state index in [1.54, 1.807) is 0 Å². The van der Waals surface area contributed by atoms with Crippen LogP contribution in [0.5, 0.6) is 0 Å². The van der Waals surface area contributed by atoms with Gasteiger partial charge >= 0.3 is 0 Å². The number of nitrogens with one attached hydrogen (secondary N) is 1. The minimum absolute atomic E-state index is 0.142. The van der Waals surface area contributed by atoms with E-state index >= 15 is 0 Å². The molecule has 0 unspecified atom stereocenters. The van der Waals surface area contributed by atoms with Crippen LogP contribution in [0.3, 0.4) is 0 Å². The molecule has 35 heavy (non-hydrogen) atoms. The van der Waals surface area contributed by atoms with Crippen LogP contribution in [0.15, 0.2) is 121 Å². The summed E-state index contributed by atoms with van der Waals surface area (Å²) in [5.74, 6) is -0.142. The highest BCUT2D eigenvalue weighted by Gasteiger charge is 2.19. The van der Waals surface area contributed by atoms with Crippen LogP contribution in [0.2, 0.25) is 5.02 Å². The molecule has 0 bridgehead atoms. The molecule has 6 rings (SSSR count). The van der Waals surface area contributed by atoms with Crippen molar-refractivity contribution in [1.82, 2.24) is 4.57 Å². The molecule has 6 aromatic rings. The number of anilines is 1. The lowest BCUT2D eigenvalue weighted by Gasteiger charge is -2.15. The number of aromatic nitrogens is 1. The van der Waals surface area contributed by atoms with Crippen LogP contribution < -0.4 is 5.32 Å². The van der Waals surface area contributed by atoms with Crippen molar-refractivity contribution in [3.05, 3.63) is 132 Å². The fraction of sp³-hybridized carbons (Fsp3) is 0. The smallest absolute Gasteiger partial charge is 0.255 e. The van der Waals surface area contributed by atoms with Crippen LogP contribution in [0, 0.1) is 0 Å². The molecule has 0 aliphatic rings. The van der Waals surface area contributed by atoms with Crippen LogP contribution in [-0.4, -0.2) is 10.5 Å². The van der Waals surface area contributed by atoms with Gasteiger partial charge in [0.2, 0.25) is 0 Å². The molecule has 1 heterocycles. The lowest BCUT2D eigenvalue weighted by Crippen LogP contribution is -2.12. The molecule has 1 amide bonds. The Morgan fingerprint density at radius 2 is 1.31 bits per heavy atom. The number of fused-ring (bicyclic) bond motifs is 3. The molecule has 0 fully saturated rings. The van der Waals surface area contributed by atoms with Gasteiger partial charge in [0.25, 0.3) is 5.91 Å². The van der Waals surface area contributed by atoms with Crippen molar-refractivity contribution in [2.24, 2.45) is 0 Å². The summed E-state index contributed by atoms with van der Waals surface area (Å²) in [5, 5.41) is 5.91. The van der Waals surface area contributed by atoms with E-state index in [-0.39, 0.29) is 5.91 Å². The predicted molar refractivity (Wildman–Crippen MR) is 146 cm³/mol. The van der Waals surface area contributed by atoms with Crippen molar-refractivity contribution in [3.63, 3.8) is 0 Å². The molecular weight excluding hydrogens is 452 g/mol. The van der Waals surface area contributed by atoms with E-state index in [1.807, 2.05) is 91.0 Å². The van der Waals surface area contributed by atoms with Gasteiger partial charge in [-0.05, 0) is 42.5 Å². The average Bonchev–Trinajstić information content (AvgIpc) is 3.26. The van der Waals surface area contributed by atoms with Gasteiger partial charge in [0.1, 0.15) is 0 Å². The molecule has 0 atom stereocenters. The van der Waals surface area contributed by atoms with Crippen molar-refractivity contribution >= 4 is 45.0 Å². The Balaban J connectivity index is 1.62. The number of amides is 1. The van der Waals surface area contributed by atoms with E-state index in [2.05, 4.69) is 40.2 Å². The predicted octanol–water partition coefficient (Wildman–Crippen LogP) is 8.36. The number of benzene rings is 5.